The van der Waals surface area contributed by atoms with Crippen LogP contribution in [-0.4, -0.2) is 43.4 Å². The van der Waals surface area contributed by atoms with Crippen molar-refractivity contribution >= 4 is 35.8 Å². The first-order valence-electron chi connectivity index (χ1n) is 8.70. The summed E-state index contributed by atoms with van der Waals surface area (Å²) in [7, 11) is 1.80. The van der Waals surface area contributed by atoms with Crippen LogP contribution in [0.3, 0.4) is 0 Å². The van der Waals surface area contributed by atoms with Gasteiger partial charge in [-0.1, -0.05) is 19.1 Å². The number of amides is 1. The van der Waals surface area contributed by atoms with Crippen molar-refractivity contribution in [3.63, 3.8) is 0 Å². The molecular formula is C18H28F3IN4O. The molecule has 0 heterocycles. The molecule has 1 aromatic rings. The van der Waals surface area contributed by atoms with E-state index in [1.165, 1.54) is 12.1 Å². The number of carbonyl (C=O) groups excluding carboxylic acids is 1. The van der Waals surface area contributed by atoms with E-state index in [0.29, 0.717) is 38.6 Å². The van der Waals surface area contributed by atoms with Crippen LogP contribution in [0.25, 0.3) is 0 Å². The lowest BCUT2D eigenvalue weighted by Crippen LogP contribution is -2.38. The molecule has 0 aliphatic carbocycles. The van der Waals surface area contributed by atoms with Crippen molar-refractivity contribution in [2.45, 2.75) is 39.4 Å². The first-order chi connectivity index (χ1) is 12.3. The molecule has 1 aromatic carbocycles. The van der Waals surface area contributed by atoms with Gasteiger partial charge in [0.15, 0.2) is 5.96 Å². The van der Waals surface area contributed by atoms with Gasteiger partial charge in [0.25, 0.3) is 0 Å². The molecule has 27 heavy (non-hydrogen) atoms. The highest BCUT2D eigenvalue weighted by Gasteiger charge is 2.29. The molecule has 0 unspecified atom stereocenters. The molecule has 0 aliphatic rings. The first-order valence-corrected chi connectivity index (χ1v) is 8.70. The highest BCUT2D eigenvalue weighted by Crippen LogP contribution is 2.29. The van der Waals surface area contributed by atoms with Crippen molar-refractivity contribution in [2.75, 3.05) is 26.7 Å². The number of nitrogens with zero attached hydrogens (tertiary/aromatic N) is 2. The zero-order valence-corrected chi connectivity index (χ0v) is 18.2. The van der Waals surface area contributed by atoms with E-state index in [2.05, 4.69) is 15.6 Å². The van der Waals surface area contributed by atoms with Gasteiger partial charge in [0.2, 0.25) is 5.91 Å². The van der Waals surface area contributed by atoms with Crippen LogP contribution < -0.4 is 10.6 Å². The Labute approximate surface area is 175 Å². The Balaban J connectivity index is 0.00000676. The molecule has 9 heteroatoms. The minimum atomic E-state index is -4.33. The van der Waals surface area contributed by atoms with Gasteiger partial charge in [-0.2, -0.15) is 13.2 Å². The molecule has 0 bridgehead atoms. The lowest BCUT2D eigenvalue weighted by atomic mass is 10.1. The molecule has 0 saturated carbocycles. The number of carbonyl (C=O) groups is 1. The first kappa shape index (κ1) is 25.5. The summed E-state index contributed by atoms with van der Waals surface area (Å²) in [6.07, 6.45) is -3.16. The van der Waals surface area contributed by atoms with Gasteiger partial charge in [0, 0.05) is 33.1 Å². The molecule has 0 fully saturated rings. The summed E-state index contributed by atoms with van der Waals surface area (Å²) in [6.45, 7) is 5.96. The predicted octanol–water partition coefficient (Wildman–Crippen LogP) is 3.64. The summed E-state index contributed by atoms with van der Waals surface area (Å²) in [5, 5.41) is 5.91. The SMILES string of the molecule is CCCNC(=O)CCN=C(NCC)N(C)Cc1ccc(C(F)(F)F)cc1.I. The second-order valence-electron chi connectivity index (χ2n) is 5.89. The number of hydrogen-bond acceptors (Lipinski definition) is 2. The minimum Gasteiger partial charge on any atom is -0.357 e. The van der Waals surface area contributed by atoms with E-state index in [1.807, 2.05) is 18.7 Å². The number of aliphatic imine (C=N–C) groups is 1. The van der Waals surface area contributed by atoms with Crippen LogP contribution in [0.5, 0.6) is 0 Å². The van der Waals surface area contributed by atoms with Gasteiger partial charge in [-0.3, -0.25) is 9.79 Å². The van der Waals surface area contributed by atoms with Crippen LogP contribution in [0.4, 0.5) is 13.2 Å². The molecule has 0 atom stereocenters. The number of alkyl halides is 3. The molecule has 1 amide bonds. The quantitative estimate of drug-likeness (QED) is 0.326. The highest BCUT2D eigenvalue weighted by molar-refractivity contribution is 14.0. The zero-order chi connectivity index (χ0) is 19.6. The molecule has 0 aliphatic heterocycles. The van der Waals surface area contributed by atoms with Crippen molar-refractivity contribution in [1.29, 1.82) is 0 Å². The number of nitrogens with one attached hydrogen (secondary N) is 2. The number of rotatable bonds is 8. The average molecular weight is 500 g/mol. The summed E-state index contributed by atoms with van der Waals surface area (Å²) in [4.78, 5) is 17.8. The van der Waals surface area contributed by atoms with Gasteiger partial charge in [-0.05, 0) is 31.0 Å². The summed E-state index contributed by atoms with van der Waals surface area (Å²) >= 11 is 0. The van der Waals surface area contributed by atoms with E-state index in [9.17, 15) is 18.0 Å². The third kappa shape index (κ3) is 9.83. The van der Waals surface area contributed by atoms with Gasteiger partial charge < -0.3 is 15.5 Å². The predicted molar refractivity (Wildman–Crippen MR) is 112 cm³/mol. The molecule has 0 radical (unpaired) electrons. The fourth-order valence-corrected chi connectivity index (χ4v) is 2.23. The fraction of sp³-hybridized carbons (Fsp3) is 0.556. The summed E-state index contributed by atoms with van der Waals surface area (Å²) in [5.74, 6) is 0.563. The number of guanidine groups is 1. The van der Waals surface area contributed by atoms with E-state index in [4.69, 9.17) is 0 Å². The molecule has 0 saturated heterocycles. The maximum absolute atomic E-state index is 12.6. The van der Waals surface area contributed by atoms with Crippen molar-refractivity contribution in [3.05, 3.63) is 35.4 Å². The molecule has 0 aromatic heterocycles. The molecular weight excluding hydrogens is 472 g/mol. The maximum Gasteiger partial charge on any atom is 0.416 e. The maximum atomic E-state index is 12.6. The molecule has 1 rings (SSSR count). The monoisotopic (exact) mass is 500 g/mol. The fourth-order valence-electron chi connectivity index (χ4n) is 2.23. The lowest BCUT2D eigenvalue weighted by Gasteiger charge is -2.22. The number of hydrogen-bond donors (Lipinski definition) is 2. The van der Waals surface area contributed by atoms with Gasteiger partial charge >= 0.3 is 6.18 Å². The Morgan fingerprint density at radius 3 is 2.30 bits per heavy atom. The van der Waals surface area contributed by atoms with Crippen LogP contribution >= 0.6 is 24.0 Å². The Morgan fingerprint density at radius 2 is 1.78 bits per heavy atom. The summed E-state index contributed by atoms with van der Waals surface area (Å²) in [5.41, 5.74) is 0.0781. The van der Waals surface area contributed by atoms with Crippen LogP contribution in [0.2, 0.25) is 0 Å². The van der Waals surface area contributed by atoms with E-state index >= 15 is 0 Å². The van der Waals surface area contributed by atoms with Crippen LogP contribution in [0.15, 0.2) is 29.3 Å². The molecule has 2 N–H and O–H groups in total. The number of halogens is 4. The van der Waals surface area contributed by atoms with Crippen LogP contribution in [0.1, 0.15) is 37.8 Å². The Morgan fingerprint density at radius 1 is 1.15 bits per heavy atom. The number of benzene rings is 1. The second kappa shape index (κ2) is 12.8. The zero-order valence-electron chi connectivity index (χ0n) is 15.9. The molecule has 0 spiro atoms. The third-order valence-electron chi connectivity index (χ3n) is 3.57. The highest BCUT2D eigenvalue weighted by atomic mass is 127. The third-order valence-corrected chi connectivity index (χ3v) is 3.57. The van der Waals surface area contributed by atoms with Crippen molar-refractivity contribution in [2.24, 2.45) is 4.99 Å². The van der Waals surface area contributed by atoms with Gasteiger partial charge in [0.1, 0.15) is 0 Å². The van der Waals surface area contributed by atoms with Crippen LogP contribution in [-0.2, 0) is 17.5 Å². The van der Waals surface area contributed by atoms with Crippen molar-refractivity contribution in [1.82, 2.24) is 15.5 Å². The normalized spacial score (nSPS) is 11.6. The minimum absolute atomic E-state index is 0. The van der Waals surface area contributed by atoms with E-state index in [1.54, 1.807) is 7.05 Å². The van der Waals surface area contributed by atoms with E-state index in [-0.39, 0.29) is 29.9 Å². The Bertz CT molecular complexity index is 591. The van der Waals surface area contributed by atoms with Gasteiger partial charge in [-0.15, -0.1) is 24.0 Å². The van der Waals surface area contributed by atoms with E-state index < -0.39 is 11.7 Å². The second-order valence-corrected chi connectivity index (χ2v) is 5.89. The average Bonchev–Trinajstić information content (AvgIpc) is 2.58. The molecule has 5 nitrogen and oxygen atoms in total. The topological polar surface area (TPSA) is 56.7 Å². The summed E-state index contributed by atoms with van der Waals surface area (Å²) in [6, 6.07) is 5.07. The van der Waals surface area contributed by atoms with Crippen molar-refractivity contribution < 1.29 is 18.0 Å². The summed E-state index contributed by atoms with van der Waals surface area (Å²) < 4.78 is 37.9. The van der Waals surface area contributed by atoms with Gasteiger partial charge in [-0.25, -0.2) is 0 Å². The van der Waals surface area contributed by atoms with Crippen molar-refractivity contribution in [3.8, 4) is 0 Å². The largest absolute Gasteiger partial charge is 0.416 e. The molecule has 154 valence electrons. The standard InChI is InChI=1S/C18H27F3N4O.HI/c1-4-11-23-16(26)10-12-24-17(22-5-2)25(3)13-14-6-8-15(9-7-14)18(19,20)21;/h6-9H,4-5,10-13H2,1-3H3,(H,22,24)(H,23,26);1H. The lowest BCUT2D eigenvalue weighted by molar-refractivity contribution is -0.137. The Hall–Kier alpha value is -1.52. The van der Waals surface area contributed by atoms with Crippen LogP contribution in [0, 0.1) is 0 Å². The van der Waals surface area contributed by atoms with Gasteiger partial charge in [0.05, 0.1) is 12.1 Å². The Kier molecular flexibility index (Phi) is 12.1. The van der Waals surface area contributed by atoms with E-state index in [0.717, 1.165) is 24.1 Å². The smallest absolute Gasteiger partial charge is 0.357 e.